The lowest BCUT2D eigenvalue weighted by Gasteiger charge is -2.34. The van der Waals surface area contributed by atoms with Gasteiger partial charge in [0.05, 0.1) is 5.75 Å². The van der Waals surface area contributed by atoms with E-state index in [0.29, 0.717) is 45.1 Å². The van der Waals surface area contributed by atoms with Gasteiger partial charge in [-0.3, -0.25) is 4.90 Å². The minimum Gasteiger partial charge on any atom is -0.492 e. The maximum Gasteiger partial charge on any atom is 0.218 e. The summed E-state index contributed by atoms with van der Waals surface area (Å²) in [4.78, 5) is 2.18. The van der Waals surface area contributed by atoms with Gasteiger partial charge in [0.25, 0.3) is 0 Å². The van der Waals surface area contributed by atoms with Crippen molar-refractivity contribution < 1.29 is 17.5 Å². The van der Waals surface area contributed by atoms with Gasteiger partial charge < -0.3 is 4.74 Å². The molecule has 1 fully saturated rings. The Hall–Kier alpha value is -1.96. The van der Waals surface area contributed by atoms with Gasteiger partial charge in [0.1, 0.15) is 18.2 Å². The summed E-state index contributed by atoms with van der Waals surface area (Å²) in [5, 5.41) is 0. The zero-order chi connectivity index (χ0) is 19.3. The molecule has 2 aromatic rings. The number of piperazine rings is 1. The van der Waals surface area contributed by atoms with Crippen molar-refractivity contribution in [3.63, 3.8) is 0 Å². The van der Waals surface area contributed by atoms with Crippen LogP contribution < -0.4 is 4.74 Å². The molecule has 0 atom stereocenters. The second-order valence-corrected chi connectivity index (χ2v) is 8.69. The number of nitrogens with zero attached hydrogens (tertiary/aromatic N) is 2. The van der Waals surface area contributed by atoms with Crippen molar-refractivity contribution in [1.29, 1.82) is 0 Å². The molecule has 0 unspecified atom stereocenters. The van der Waals surface area contributed by atoms with Crippen LogP contribution in [0, 0.1) is 12.7 Å². The average molecular weight is 392 g/mol. The normalized spacial score (nSPS) is 16.4. The number of sulfonamides is 1. The first-order valence-electron chi connectivity index (χ1n) is 9.07. The number of rotatable bonds is 7. The highest BCUT2D eigenvalue weighted by atomic mass is 32.2. The Labute approximate surface area is 160 Å². The number of halogens is 1. The number of benzene rings is 2. The van der Waals surface area contributed by atoms with Crippen molar-refractivity contribution in [2.24, 2.45) is 0 Å². The molecule has 0 amide bonds. The van der Waals surface area contributed by atoms with E-state index < -0.39 is 10.0 Å². The zero-order valence-electron chi connectivity index (χ0n) is 15.5. The average Bonchev–Trinajstić information content (AvgIpc) is 2.66. The van der Waals surface area contributed by atoms with E-state index in [4.69, 9.17) is 4.74 Å². The quantitative estimate of drug-likeness (QED) is 0.727. The van der Waals surface area contributed by atoms with Crippen molar-refractivity contribution in [3.8, 4) is 5.75 Å². The van der Waals surface area contributed by atoms with E-state index in [1.807, 2.05) is 31.2 Å². The Morgan fingerprint density at radius 3 is 2.33 bits per heavy atom. The van der Waals surface area contributed by atoms with Crippen LogP contribution in [0.25, 0.3) is 0 Å². The molecule has 27 heavy (non-hydrogen) atoms. The standard InChI is InChI=1S/C20H25FN2O3S/c1-17-4-2-3-5-18(17)16-27(24,25)23-12-10-22(11-13-23)14-15-26-20-8-6-19(21)7-9-20/h2-9H,10-16H2,1H3. The molecule has 0 saturated carbocycles. The van der Waals surface area contributed by atoms with E-state index in [-0.39, 0.29) is 11.6 Å². The second kappa shape index (κ2) is 8.82. The van der Waals surface area contributed by atoms with Crippen LogP contribution in [0.15, 0.2) is 48.5 Å². The number of hydrogen-bond donors (Lipinski definition) is 0. The molecule has 0 aliphatic carbocycles. The van der Waals surface area contributed by atoms with E-state index in [2.05, 4.69) is 4.90 Å². The van der Waals surface area contributed by atoms with E-state index in [9.17, 15) is 12.8 Å². The SMILES string of the molecule is Cc1ccccc1CS(=O)(=O)N1CCN(CCOc2ccc(F)cc2)CC1. The highest BCUT2D eigenvalue weighted by Gasteiger charge is 2.27. The van der Waals surface area contributed by atoms with Crippen LogP contribution in [0.2, 0.25) is 0 Å². The summed E-state index contributed by atoms with van der Waals surface area (Å²) in [5.74, 6) is 0.397. The van der Waals surface area contributed by atoms with Gasteiger partial charge in [-0.25, -0.2) is 12.8 Å². The van der Waals surface area contributed by atoms with Crippen molar-refractivity contribution in [2.45, 2.75) is 12.7 Å². The fourth-order valence-electron chi connectivity index (χ4n) is 3.11. The van der Waals surface area contributed by atoms with E-state index in [1.54, 1.807) is 16.4 Å². The molecule has 0 aromatic heterocycles. The molecule has 1 aliphatic rings. The maximum absolute atomic E-state index is 12.9. The lowest BCUT2D eigenvalue weighted by molar-refractivity contribution is 0.158. The summed E-state index contributed by atoms with van der Waals surface area (Å²) in [6, 6.07) is 13.5. The highest BCUT2D eigenvalue weighted by molar-refractivity contribution is 7.88. The van der Waals surface area contributed by atoms with Crippen LogP contribution in [0.3, 0.4) is 0 Å². The number of aryl methyl sites for hydroxylation is 1. The van der Waals surface area contributed by atoms with Gasteiger partial charge >= 0.3 is 0 Å². The molecule has 1 heterocycles. The molecule has 1 saturated heterocycles. The summed E-state index contributed by atoms with van der Waals surface area (Å²) in [6.07, 6.45) is 0. The van der Waals surface area contributed by atoms with Gasteiger partial charge in [-0.1, -0.05) is 24.3 Å². The van der Waals surface area contributed by atoms with Crippen LogP contribution in [0.1, 0.15) is 11.1 Å². The zero-order valence-corrected chi connectivity index (χ0v) is 16.3. The summed E-state index contributed by atoms with van der Waals surface area (Å²) in [7, 11) is -3.31. The predicted octanol–water partition coefficient (Wildman–Crippen LogP) is 2.66. The smallest absolute Gasteiger partial charge is 0.218 e. The fraction of sp³-hybridized carbons (Fsp3) is 0.400. The van der Waals surface area contributed by atoms with Gasteiger partial charge in [0, 0.05) is 32.7 Å². The first-order valence-corrected chi connectivity index (χ1v) is 10.7. The van der Waals surface area contributed by atoms with Crippen molar-refractivity contribution in [3.05, 3.63) is 65.5 Å². The van der Waals surface area contributed by atoms with Gasteiger partial charge in [-0.05, 0) is 42.3 Å². The summed E-state index contributed by atoms with van der Waals surface area (Å²) < 4.78 is 45.4. The molecule has 7 heteroatoms. The Morgan fingerprint density at radius 1 is 1.00 bits per heavy atom. The van der Waals surface area contributed by atoms with Crippen LogP contribution in [0.4, 0.5) is 4.39 Å². The molecule has 2 aromatic carbocycles. The van der Waals surface area contributed by atoms with E-state index in [1.165, 1.54) is 12.1 Å². The highest BCUT2D eigenvalue weighted by Crippen LogP contribution is 2.16. The fourth-order valence-corrected chi connectivity index (χ4v) is 4.73. The minimum atomic E-state index is -3.31. The maximum atomic E-state index is 12.9. The second-order valence-electron chi connectivity index (χ2n) is 6.73. The lowest BCUT2D eigenvalue weighted by Crippen LogP contribution is -2.49. The third kappa shape index (κ3) is 5.51. The Balaban J connectivity index is 1.45. The molecule has 5 nitrogen and oxygen atoms in total. The summed E-state index contributed by atoms with van der Waals surface area (Å²) in [5.41, 5.74) is 1.85. The van der Waals surface area contributed by atoms with Crippen LogP contribution in [-0.2, 0) is 15.8 Å². The predicted molar refractivity (Wildman–Crippen MR) is 104 cm³/mol. The Kier molecular flexibility index (Phi) is 6.46. The molecule has 0 spiro atoms. The first-order chi connectivity index (χ1) is 12.9. The molecular formula is C20H25FN2O3S. The van der Waals surface area contributed by atoms with E-state index in [0.717, 1.165) is 11.1 Å². The van der Waals surface area contributed by atoms with Gasteiger partial charge in [0.15, 0.2) is 0 Å². The largest absolute Gasteiger partial charge is 0.492 e. The molecule has 3 rings (SSSR count). The first kappa shape index (κ1) is 19.8. The monoisotopic (exact) mass is 392 g/mol. The number of hydrogen-bond acceptors (Lipinski definition) is 4. The third-order valence-electron chi connectivity index (χ3n) is 4.81. The minimum absolute atomic E-state index is 0.0490. The van der Waals surface area contributed by atoms with Crippen molar-refractivity contribution in [1.82, 2.24) is 9.21 Å². The van der Waals surface area contributed by atoms with Crippen molar-refractivity contribution in [2.75, 3.05) is 39.3 Å². The summed E-state index contributed by atoms with van der Waals surface area (Å²) in [6.45, 7) is 5.48. The van der Waals surface area contributed by atoms with Crippen LogP contribution in [0.5, 0.6) is 5.75 Å². The Bertz CT molecular complexity index is 848. The van der Waals surface area contributed by atoms with Crippen LogP contribution >= 0.6 is 0 Å². The molecule has 0 N–H and O–H groups in total. The summed E-state index contributed by atoms with van der Waals surface area (Å²) >= 11 is 0. The van der Waals surface area contributed by atoms with Crippen molar-refractivity contribution >= 4 is 10.0 Å². The topological polar surface area (TPSA) is 49.9 Å². The van der Waals surface area contributed by atoms with Crippen LogP contribution in [-0.4, -0.2) is 57.0 Å². The van der Waals surface area contributed by atoms with E-state index >= 15 is 0 Å². The van der Waals surface area contributed by atoms with Gasteiger partial charge in [-0.15, -0.1) is 0 Å². The van der Waals surface area contributed by atoms with Gasteiger partial charge in [-0.2, -0.15) is 4.31 Å². The molecule has 0 bridgehead atoms. The lowest BCUT2D eigenvalue weighted by atomic mass is 10.1. The number of ether oxygens (including phenoxy) is 1. The molecule has 0 radical (unpaired) electrons. The third-order valence-corrected chi connectivity index (χ3v) is 6.64. The Morgan fingerprint density at radius 2 is 1.67 bits per heavy atom. The molecule has 1 aliphatic heterocycles. The molecule has 146 valence electrons. The van der Waals surface area contributed by atoms with Gasteiger partial charge in [0.2, 0.25) is 10.0 Å². The molecular weight excluding hydrogens is 367 g/mol.